The summed E-state index contributed by atoms with van der Waals surface area (Å²) in [5.74, 6) is 1.78. The third-order valence-electron chi connectivity index (χ3n) is 3.63. The molecule has 5 nitrogen and oxygen atoms in total. The lowest BCUT2D eigenvalue weighted by atomic mass is 9.77. The molecule has 1 aliphatic rings. The topological polar surface area (TPSA) is 74.2 Å². The third kappa shape index (κ3) is 3.15. The Hall–Kier alpha value is -1.30. The Morgan fingerprint density at radius 2 is 2.10 bits per heavy atom. The van der Waals surface area contributed by atoms with Crippen molar-refractivity contribution in [2.75, 3.05) is 6.61 Å². The van der Waals surface area contributed by atoms with Crippen LogP contribution in [0.4, 0.5) is 0 Å². The van der Waals surface area contributed by atoms with Gasteiger partial charge in [0.25, 0.3) is 0 Å². The van der Waals surface area contributed by atoms with Crippen molar-refractivity contribution in [3.63, 3.8) is 0 Å². The molecule has 1 fully saturated rings. The summed E-state index contributed by atoms with van der Waals surface area (Å²) in [6.45, 7) is 0.414. The van der Waals surface area contributed by atoms with Gasteiger partial charge in [0.05, 0.1) is 28.6 Å². The average molecular weight is 328 g/mol. The van der Waals surface area contributed by atoms with Crippen LogP contribution in [0.25, 0.3) is 0 Å². The Morgan fingerprint density at radius 3 is 2.76 bits per heavy atom. The molecule has 0 atom stereocenters. The standard InChI is InChI=1S/C14H15Cl2N3O2/c15-10-3-2-9(8-11(10)16)20-7-4-12-18-13(19-21-12)14(17)5-1-6-14/h2-3,8H,1,4-7,17H2. The van der Waals surface area contributed by atoms with E-state index in [9.17, 15) is 0 Å². The Morgan fingerprint density at radius 1 is 1.29 bits per heavy atom. The highest BCUT2D eigenvalue weighted by Gasteiger charge is 2.38. The molecule has 0 spiro atoms. The summed E-state index contributed by atoms with van der Waals surface area (Å²) in [6, 6.07) is 5.13. The van der Waals surface area contributed by atoms with Gasteiger partial charge in [-0.3, -0.25) is 0 Å². The Balaban J connectivity index is 1.54. The number of aromatic nitrogens is 2. The van der Waals surface area contributed by atoms with E-state index in [1.807, 2.05) is 0 Å². The fourth-order valence-electron chi connectivity index (χ4n) is 2.16. The zero-order chi connectivity index (χ0) is 14.9. The lowest BCUT2D eigenvalue weighted by Gasteiger charge is -2.34. The van der Waals surface area contributed by atoms with Crippen molar-refractivity contribution < 1.29 is 9.26 Å². The molecule has 0 bridgehead atoms. The highest BCUT2D eigenvalue weighted by Crippen LogP contribution is 2.36. The Bertz CT molecular complexity index is 641. The maximum Gasteiger partial charge on any atom is 0.230 e. The van der Waals surface area contributed by atoms with Crippen molar-refractivity contribution in [3.8, 4) is 5.75 Å². The molecular weight excluding hydrogens is 313 g/mol. The first-order chi connectivity index (χ1) is 10.1. The van der Waals surface area contributed by atoms with Gasteiger partial charge in [-0.2, -0.15) is 4.98 Å². The quantitative estimate of drug-likeness (QED) is 0.911. The number of nitrogens with zero attached hydrogens (tertiary/aromatic N) is 2. The van der Waals surface area contributed by atoms with Gasteiger partial charge < -0.3 is 15.0 Å². The fourth-order valence-corrected chi connectivity index (χ4v) is 2.45. The molecule has 2 aromatic rings. The van der Waals surface area contributed by atoms with Crippen LogP contribution in [0.5, 0.6) is 5.75 Å². The van der Waals surface area contributed by atoms with E-state index >= 15 is 0 Å². The van der Waals surface area contributed by atoms with E-state index < -0.39 is 5.54 Å². The van der Waals surface area contributed by atoms with E-state index in [1.165, 1.54) is 0 Å². The molecule has 0 saturated heterocycles. The van der Waals surface area contributed by atoms with Crippen LogP contribution in [0, 0.1) is 0 Å². The molecule has 1 saturated carbocycles. The van der Waals surface area contributed by atoms with Crippen molar-refractivity contribution >= 4 is 23.2 Å². The molecule has 0 radical (unpaired) electrons. The molecule has 1 aromatic carbocycles. The van der Waals surface area contributed by atoms with Crippen LogP contribution in [-0.2, 0) is 12.0 Å². The van der Waals surface area contributed by atoms with Gasteiger partial charge in [0.15, 0.2) is 5.82 Å². The van der Waals surface area contributed by atoms with E-state index in [-0.39, 0.29) is 0 Å². The van der Waals surface area contributed by atoms with Crippen LogP contribution in [0.1, 0.15) is 31.0 Å². The van der Waals surface area contributed by atoms with E-state index in [2.05, 4.69) is 10.1 Å². The summed E-state index contributed by atoms with van der Waals surface area (Å²) in [7, 11) is 0. The summed E-state index contributed by atoms with van der Waals surface area (Å²) < 4.78 is 10.8. The molecule has 3 rings (SSSR count). The van der Waals surface area contributed by atoms with E-state index in [0.717, 1.165) is 19.3 Å². The predicted octanol–water partition coefficient (Wildman–Crippen LogP) is 3.34. The average Bonchev–Trinajstić information content (AvgIpc) is 2.89. The Kier molecular flexibility index (Phi) is 4.06. The minimum absolute atomic E-state index is 0.397. The minimum atomic E-state index is -0.397. The van der Waals surface area contributed by atoms with Gasteiger partial charge in [0, 0.05) is 6.07 Å². The maximum atomic E-state index is 6.14. The second-order valence-corrected chi connectivity index (χ2v) is 6.01. The molecule has 0 aliphatic heterocycles. The van der Waals surface area contributed by atoms with Crippen molar-refractivity contribution in [2.45, 2.75) is 31.2 Å². The largest absolute Gasteiger partial charge is 0.493 e. The normalized spacial score (nSPS) is 16.5. The summed E-state index contributed by atoms with van der Waals surface area (Å²) in [4.78, 5) is 4.34. The first-order valence-electron chi connectivity index (χ1n) is 6.77. The van der Waals surface area contributed by atoms with Crippen LogP contribution in [0.15, 0.2) is 22.7 Å². The van der Waals surface area contributed by atoms with Crippen molar-refractivity contribution in [1.82, 2.24) is 10.1 Å². The first-order valence-corrected chi connectivity index (χ1v) is 7.52. The van der Waals surface area contributed by atoms with Gasteiger partial charge in [0.1, 0.15) is 5.75 Å². The van der Waals surface area contributed by atoms with E-state index in [0.29, 0.717) is 40.5 Å². The molecule has 7 heteroatoms. The van der Waals surface area contributed by atoms with Gasteiger partial charge in [-0.1, -0.05) is 28.4 Å². The number of nitrogens with two attached hydrogens (primary N) is 1. The molecule has 112 valence electrons. The van der Waals surface area contributed by atoms with Gasteiger partial charge >= 0.3 is 0 Å². The van der Waals surface area contributed by atoms with Crippen LogP contribution in [0.3, 0.4) is 0 Å². The van der Waals surface area contributed by atoms with Crippen LogP contribution >= 0.6 is 23.2 Å². The van der Waals surface area contributed by atoms with Crippen molar-refractivity contribution in [1.29, 1.82) is 0 Å². The molecular formula is C14H15Cl2N3O2. The molecule has 0 amide bonds. The molecule has 1 aliphatic carbocycles. The fraction of sp³-hybridized carbons (Fsp3) is 0.429. The monoisotopic (exact) mass is 327 g/mol. The van der Waals surface area contributed by atoms with Crippen molar-refractivity contribution in [2.24, 2.45) is 5.73 Å². The van der Waals surface area contributed by atoms with Gasteiger partial charge in [0.2, 0.25) is 5.89 Å². The number of benzene rings is 1. The number of halogens is 2. The van der Waals surface area contributed by atoms with Gasteiger partial charge in [-0.05, 0) is 31.4 Å². The van der Waals surface area contributed by atoms with E-state index in [4.69, 9.17) is 38.2 Å². The summed E-state index contributed by atoms with van der Waals surface area (Å²) in [5.41, 5.74) is 5.75. The van der Waals surface area contributed by atoms with E-state index in [1.54, 1.807) is 18.2 Å². The lowest BCUT2D eigenvalue weighted by Crippen LogP contribution is -2.44. The highest BCUT2D eigenvalue weighted by atomic mass is 35.5. The first kappa shape index (κ1) is 14.6. The van der Waals surface area contributed by atoms with Gasteiger partial charge in [-0.15, -0.1) is 0 Å². The number of ether oxygens (including phenoxy) is 1. The Labute approximate surface area is 132 Å². The van der Waals surface area contributed by atoms with Crippen LogP contribution in [0.2, 0.25) is 10.0 Å². The van der Waals surface area contributed by atoms with Crippen LogP contribution < -0.4 is 10.5 Å². The lowest BCUT2D eigenvalue weighted by molar-refractivity contribution is 0.228. The van der Waals surface area contributed by atoms with Gasteiger partial charge in [-0.25, -0.2) is 0 Å². The van der Waals surface area contributed by atoms with Crippen molar-refractivity contribution in [3.05, 3.63) is 40.0 Å². The molecule has 21 heavy (non-hydrogen) atoms. The predicted molar refractivity (Wildman–Crippen MR) is 79.7 cm³/mol. The number of hydrogen-bond donors (Lipinski definition) is 1. The summed E-state index contributed by atoms with van der Waals surface area (Å²) >= 11 is 11.8. The number of hydrogen-bond acceptors (Lipinski definition) is 5. The summed E-state index contributed by atoms with van der Waals surface area (Å²) in [5, 5.41) is 4.92. The van der Waals surface area contributed by atoms with Crippen LogP contribution in [-0.4, -0.2) is 16.7 Å². The third-order valence-corrected chi connectivity index (χ3v) is 4.37. The second kappa shape index (κ2) is 5.83. The summed E-state index contributed by atoms with van der Waals surface area (Å²) in [6.07, 6.45) is 3.45. The molecule has 1 heterocycles. The zero-order valence-corrected chi connectivity index (χ0v) is 12.8. The number of rotatable bonds is 5. The SMILES string of the molecule is NC1(c2noc(CCOc3ccc(Cl)c(Cl)c3)n2)CCC1. The molecule has 0 unspecified atom stereocenters. The highest BCUT2D eigenvalue weighted by molar-refractivity contribution is 6.42. The zero-order valence-electron chi connectivity index (χ0n) is 11.3. The molecule has 2 N–H and O–H groups in total. The maximum absolute atomic E-state index is 6.14. The second-order valence-electron chi connectivity index (χ2n) is 5.20. The smallest absolute Gasteiger partial charge is 0.230 e. The minimum Gasteiger partial charge on any atom is -0.493 e. The molecule has 1 aromatic heterocycles.